The molecule has 0 bridgehead atoms. The molecule has 0 spiro atoms. The number of ether oxygens (including phenoxy) is 2. The van der Waals surface area contributed by atoms with Gasteiger partial charge in [0.25, 0.3) is 5.91 Å². The van der Waals surface area contributed by atoms with Crippen LogP contribution in [0.1, 0.15) is 30.9 Å². The molecule has 1 amide bonds. The van der Waals surface area contributed by atoms with E-state index in [0.29, 0.717) is 23.0 Å². The molecule has 0 aliphatic carbocycles. The molecule has 0 fully saturated rings. The first kappa shape index (κ1) is 20.0. The number of hydrogen-bond acceptors (Lipinski definition) is 5. The van der Waals surface area contributed by atoms with Crippen LogP contribution in [0.15, 0.2) is 53.6 Å². The Kier molecular flexibility index (Phi) is 7.37. The summed E-state index contributed by atoms with van der Waals surface area (Å²) in [7, 11) is 0. The number of carboxylic acids is 1. The van der Waals surface area contributed by atoms with E-state index in [4.69, 9.17) is 14.6 Å². The van der Waals surface area contributed by atoms with Gasteiger partial charge in [-0.15, -0.1) is 0 Å². The number of aliphatic carboxylic acids is 1. The van der Waals surface area contributed by atoms with Gasteiger partial charge in [-0.25, -0.2) is 10.2 Å². The molecule has 0 atom stereocenters. The van der Waals surface area contributed by atoms with Gasteiger partial charge in [0, 0.05) is 5.56 Å². The Morgan fingerprint density at radius 2 is 1.78 bits per heavy atom. The van der Waals surface area contributed by atoms with Crippen LogP contribution in [0.5, 0.6) is 11.5 Å². The number of para-hydroxylation sites is 1. The van der Waals surface area contributed by atoms with Crippen LogP contribution in [-0.2, 0) is 9.59 Å². The lowest BCUT2D eigenvalue weighted by Gasteiger charge is -2.08. The third-order valence-electron chi connectivity index (χ3n) is 3.58. The average molecular weight is 370 g/mol. The van der Waals surface area contributed by atoms with Gasteiger partial charge in [0.2, 0.25) is 0 Å². The standard InChI is InChI=1S/C20H22N2O5/c1-14(2)15-7-9-17(10-8-15)26-12-19(23)22-21-11-16-5-3-4-6-18(16)27-13-20(24)25/h3-11,14H,12-13H2,1-2H3,(H,22,23)(H,24,25)/b21-11+. The fraction of sp³-hybridized carbons (Fsp3) is 0.250. The van der Waals surface area contributed by atoms with Gasteiger partial charge in [-0.2, -0.15) is 5.10 Å². The SMILES string of the molecule is CC(C)c1ccc(OCC(=O)N/N=C/c2ccccc2OCC(=O)O)cc1. The van der Waals surface area contributed by atoms with Crippen LogP contribution in [0.4, 0.5) is 0 Å². The van der Waals surface area contributed by atoms with Gasteiger partial charge >= 0.3 is 5.97 Å². The number of carboxylic acid groups (broad SMARTS) is 1. The van der Waals surface area contributed by atoms with Gasteiger partial charge in [-0.05, 0) is 35.7 Å². The predicted molar refractivity (Wildman–Crippen MR) is 101 cm³/mol. The first-order valence-corrected chi connectivity index (χ1v) is 8.44. The van der Waals surface area contributed by atoms with Crippen LogP contribution in [-0.4, -0.2) is 36.4 Å². The van der Waals surface area contributed by atoms with Crippen molar-refractivity contribution in [3.63, 3.8) is 0 Å². The normalized spacial score (nSPS) is 10.8. The Labute approximate surface area is 157 Å². The zero-order valence-electron chi connectivity index (χ0n) is 15.2. The van der Waals surface area contributed by atoms with E-state index in [-0.39, 0.29) is 6.61 Å². The van der Waals surface area contributed by atoms with Crippen LogP contribution in [0.2, 0.25) is 0 Å². The Bertz CT molecular complexity index is 800. The minimum Gasteiger partial charge on any atom is -0.484 e. The molecule has 0 saturated heterocycles. The van der Waals surface area contributed by atoms with E-state index < -0.39 is 18.5 Å². The molecule has 0 radical (unpaired) electrons. The van der Waals surface area contributed by atoms with Crippen LogP contribution < -0.4 is 14.9 Å². The lowest BCUT2D eigenvalue weighted by Crippen LogP contribution is -2.24. The van der Waals surface area contributed by atoms with Crippen molar-refractivity contribution < 1.29 is 24.2 Å². The topological polar surface area (TPSA) is 97.2 Å². The molecule has 2 aromatic rings. The molecule has 0 saturated carbocycles. The van der Waals surface area contributed by atoms with Crippen molar-refractivity contribution in [1.29, 1.82) is 0 Å². The molecular formula is C20H22N2O5. The Morgan fingerprint density at radius 3 is 2.44 bits per heavy atom. The molecule has 2 aromatic carbocycles. The maximum atomic E-state index is 11.8. The van der Waals surface area contributed by atoms with Gasteiger partial charge in [0.15, 0.2) is 13.2 Å². The van der Waals surface area contributed by atoms with E-state index in [1.54, 1.807) is 24.3 Å². The van der Waals surface area contributed by atoms with Crippen molar-refractivity contribution in [3.05, 3.63) is 59.7 Å². The smallest absolute Gasteiger partial charge is 0.341 e. The van der Waals surface area contributed by atoms with Crippen LogP contribution in [0, 0.1) is 0 Å². The summed E-state index contributed by atoms with van der Waals surface area (Å²) in [6.07, 6.45) is 1.38. The highest BCUT2D eigenvalue weighted by atomic mass is 16.5. The summed E-state index contributed by atoms with van der Waals surface area (Å²) in [4.78, 5) is 22.4. The van der Waals surface area contributed by atoms with E-state index in [0.717, 1.165) is 0 Å². The molecule has 2 N–H and O–H groups in total. The van der Waals surface area contributed by atoms with Gasteiger partial charge < -0.3 is 14.6 Å². The first-order chi connectivity index (χ1) is 13.0. The molecule has 0 heterocycles. The predicted octanol–water partition coefficient (Wildman–Crippen LogP) is 2.80. The summed E-state index contributed by atoms with van der Waals surface area (Å²) in [5.41, 5.74) is 4.10. The summed E-state index contributed by atoms with van der Waals surface area (Å²) in [6, 6.07) is 14.3. The van der Waals surface area contributed by atoms with Crippen molar-refractivity contribution in [3.8, 4) is 11.5 Å². The summed E-state index contributed by atoms with van der Waals surface area (Å²) >= 11 is 0. The maximum Gasteiger partial charge on any atom is 0.341 e. The molecule has 2 rings (SSSR count). The van der Waals surface area contributed by atoms with Crippen LogP contribution >= 0.6 is 0 Å². The second-order valence-corrected chi connectivity index (χ2v) is 6.03. The zero-order valence-corrected chi connectivity index (χ0v) is 15.2. The van der Waals surface area contributed by atoms with Crippen molar-refractivity contribution >= 4 is 18.1 Å². The molecule has 142 valence electrons. The van der Waals surface area contributed by atoms with Crippen molar-refractivity contribution in [2.75, 3.05) is 13.2 Å². The molecule has 7 heteroatoms. The molecule has 0 aliphatic heterocycles. The minimum absolute atomic E-state index is 0.171. The summed E-state index contributed by atoms with van der Waals surface area (Å²) < 4.78 is 10.6. The van der Waals surface area contributed by atoms with Crippen molar-refractivity contribution in [2.45, 2.75) is 19.8 Å². The quantitative estimate of drug-likeness (QED) is 0.523. The second kappa shape index (κ2) is 9.96. The number of nitrogens with zero attached hydrogens (tertiary/aromatic N) is 1. The van der Waals surface area contributed by atoms with E-state index in [2.05, 4.69) is 24.4 Å². The molecule has 0 aliphatic rings. The van der Waals surface area contributed by atoms with Gasteiger partial charge in [-0.3, -0.25) is 4.79 Å². The molecule has 7 nitrogen and oxygen atoms in total. The minimum atomic E-state index is -1.08. The lowest BCUT2D eigenvalue weighted by atomic mass is 10.0. The lowest BCUT2D eigenvalue weighted by molar-refractivity contribution is -0.139. The highest BCUT2D eigenvalue weighted by molar-refractivity contribution is 5.85. The number of benzene rings is 2. The van der Waals surface area contributed by atoms with E-state index >= 15 is 0 Å². The molecular weight excluding hydrogens is 348 g/mol. The molecule has 0 aromatic heterocycles. The monoisotopic (exact) mass is 370 g/mol. The first-order valence-electron chi connectivity index (χ1n) is 8.44. The van der Waals surface area contributed by atoms with Crippen molar-refractivity contribution in [2.24, 2.45) is 5.10 Å². The fourth-order valence-electron chi connectivity index (χ4n) is 2.16. The summed E-state index contributed by atoms with van der Waals surface area (Å²) in [5, 5.41) is 12.5. The number of rotatable bonds is 9. The largest absolute Gasteiger partial charge is 0.484 e. The highest BCUT2D eigenvalue weighted by Crippen LogP contribution is 2.18. The zero-order chi connectivity index (χ0) is 19.6. The van der Waals surface area contributed by atoms with Crippen molar-refractivity contribution in [1.82, 2.24) is 5.43 Å². The van der Waals surface area contributed by atoms with Gasteiger partial charge in [0.05, 0.1) is 6.21 Å². The number of hydrogen-bond donors (Lipinski definition) is 2. The highest BCUT2D eigenvalue weighted by Gasteiger charge is 2.05. The number of amides is 1. The van der Waals surface area contributed by atoms with E-state index in [1.807, 2.05) is 24.3 Å². The fourth-order valence-corrected chi connectivity index (χ4v) is 2.16. The number of hydrazone groups is 1. The Hall–Kier alpha value is -3.35. The Morgan fingerprint density at radius 1 is 1.07 bits per heavy atom. The number of carbonyl (C=O) groups is 2. The van der Waals surface area contributed by atoms with E-state index in [9.17, 15) is 9.59 Å². The maximum absolute atomic E-state index is 11.8. The van der Waals surface area contributed by atoms with Crippen LogP contribution in [0.25, 0.3) is 0 Å². The third kappa shape index (κ3) is 6.81. The molecule has 0 unspecified atom stereocenters. The van der Waals surface area contributed by atoms with E-state index in [1.165, 1.54) is 11.8 Å². The average Bonchev–Trinajstić information content (AvgIpc) is 2.66. The molecule has 27 heavy (non-hydrogen) atoms. The summed E-state index contributed by atoms with van der Waals surface area (Å²) in [5.74, 6) is -0.0962. The van der Waals surface area contributed by atoms with Crippen LogP contribution in [0.3, 0.4) is 0 Å². The number of nitrogens with one attached hydrogen (secondary N) is 1. The second-order valence-electron chi connectivity index (χ2n) is 6.03. The Balaban J connectivity index is 1.84. The summed E-state index contributed by atoms with van der Waals surface area (Å²) in [6.45, 7) is 3.58. The van der Waals surface area contributed by atoms with Gasteiger partial charge in [0.1, 0.15) is 11.5 Å². The third-order valence-corrected chi connectivity index (χ3v) is 3.58. The van der Waals surface area contributed by atoms with Gasteiger partial charge in [-0.1, -0.05) is 38.1 Å². The number of carbonyl (C=O) groups excluding carboxylic acids is 1.